The Bertz CT molecular complexity index is 230. The summed E-state index contributed by atoms with van der Waals surface area (Å²) >= 11 is 0. The third-order valence-electron chi connectivity index (χ3n) is 5.76. The second-order valence-electron chi connectivity index (χ2n) is 6.23. The molecule has 5 saturated carbocycles. The topological polar surface area (TPSA) is 26.0 Å². The molecule has 1 heteroatoms. The molecule has 5 fully saturated rings. The summed E-state index contributed by atoms with van der Waals surface area (Å²) in [5.74, 6) is 4.33. The number of rotatable bonds is 0. The van der Waals surface area contributed by atoms with Gasteiger partial charge in [-0.2, -0.15) is 0 Å². The van der Waals surface area contributed by atoms with Gasteiger partial charge in [-0.15, -0.1) is 0 Å². The summed E-state index contributed by atoms with van der Waals surface area (Å²) in [6, 6.07) is 0.600. The predicted octanol–water partition coefficient (Wildman–Crippen LogP) is 2.16. The lowest BCUT2D eigenvalue weighted by Gasteiger charge is -2.55. The molecule has 0 heterocycles. The average Bonchev–Trinajstić information content (AvgIpc) is 2.74. The van der Waals surface area contributed by atoms with Crippen LogP contribution in [-0.2, 0) is 0 Å². The summed E-state index contributed by atoms with van der Waals surface area (Å²) in [6.07, 6.45) is 9.11. The van der Waals surface area contributed by atoms with Crippen molar-refractivity contribution < 1.29 is 0 Å². The second kappa shape index (κ2) is 1.98. The maximum absolute atomic E-state index is 6.18. The Hall–Kier alpha value is -0.0400. The fourth-order valence-electron chi connectivity index (χ4n) is 5.32. The van der Waals surface area contributed by atoms with Crippen molar-refractivity contribution in [2.45, 2.75) is 44.6 Å². The molecule has 0 radical (unpaired) electrons. The van der Waals surface area contributed by atoms with E-state index >= 15 is 0 Å². The largest absolute Gasteiger partial charge is 0.327 e. The first-order valence-corrected chi connectivity index (χ1v) is 6.04. The van der Waals surface area contributed by atoms with Gasteiger partial charge in [0, 0.05) is 6.04 Å². The van der Waals surface area contributed by atoms with Crippen LogP contribution in [0.2, 0.25) is 0 Å². The van der Waals surface area contributed by atoms with E-state index in [1.807, 2.05) is 0 Å². The van der Waals surface area contributed by atoms with Crippen molar-refractivity contribution in [3.8, 4) is 0 Å². The van der Waals surface area contributed by atoms with Crippen LogP contribution in [0.3, 0.4) is 0 Å². The van der Waals surface area contributed by atoms with Gasteiger partial charge < -0.3 is 5.73 Å². The van der Waals surface area contributed by atoms with Crippen LogP contribution in [0.5, 0.6) is 0 Å². The summed E-state index contributed by atoms with van der Waals surface area (Å²) in [6.45, 7) is 0. The highest BCUT2D eigenvalue weighted by Crippen LogP contribution is 2.71. The lowest BCUT2D eigenvalue weighted by Crippen LogP contribution is -2.48. The van der Waals surface area contributed by atoms with Crippen LogP contribution in [0, 0.1) is 29.1 Å². The fraction of sp³-hybridized carbons (Fsp3) is 1.00. The molecule has 1 atom stereocenters. The zero-order valence-corrected chi connectivity index (χ0v) is 8.21. The van der Waals surface area contributed by atoms with E-state index in [4.69, 9.17) is 5.73 Å². The molecule has 1 nitrogen and oxygen atoms in total. The Balaban J connectivity index is 1.75. The molecule has 0 aromatic carbocycles. The minimum absolute atomic E-state index is 0.600. The zero-order chi connectivity index (χ0) is 8.63. The highest BCUT2D eigenvalue weighted by atomic mass is 14.9. The fourth-order valence-corrected chi connectivity index (χ4v) is 5.32. The molecule has 5 rings (SSSR count). The molecular weight excluding hydrogens is 158 g/mol. The number of hydrogen-bond donors (Lipinski definition) is 1. The van der Waals surface area contributed by atoms with Crippen LogP contribution >= 0.6 is 0 Å². The van der Waals surface area contributed by atoms with Crippen LogP contribution in [0.4, 0.5) is 0 Å². The van der Waals surface area contributed by atoms with E-state index in [-0.39, 0.29) is 0 Å². The van der Waals surface area contributed by atoms with Crippen LogP contribution < -0.4 is 5.73 Å². The summed E-state index contributed by atoms with van der Waals surface area (Å²) in [7, 11) is 0. The Labute approximate surface area is 80.1 Å². The lowest BCUT2D eigenvalue weighted by atomic mass is 9.50. The van der Waals surface area contributed by atoms with Gasteiger partial charge in [-0.05, 0) is 67.6 Å². The molecule has 13 heavy (non-hydrogen) atoms. The molecular formula is C12H19N. The van der Waals surface area contributed by atoms with E-state index in [1.165, 1.54) is 6.42 Å². The minimum Gasteiger partial charge on any atom is -0.327 e. The van der Waals surface area contributed by atoms with Gasteiger partial charge in [0.15, 0.2) is 0 Å². The van der Waals surface area contributed by atoms with Crippen LogP contribution in [0.1, 0.15) is 38.5 Å². The molecule has 0 amide bonds. The van der Waals surface area contributed by atoms with Crippen molar-refractivity contribution in [1.29, 1.82) is 0 Å². The first-order valence-electron chi connectivity index (χ1n) is 6.04. The molecule has 2 N–H and O–H groups in total. The van der Waals surface area contributed by atoms with E-state index in [9.17, 15) is 0 Å². The van der Waals surface area contributed by atoms with Crippen molar-refractivity contribution in [3.63, 3.8) is 0 Å². The van der Waals surface area contributed by atoms with Crippen molar-refractivity contribution >= 4 is 0 Å². The zero-order valence-electron chi connectivity index (χ0n) is 8.21. The Morgan fingerprint density at radius 2 is 1.31 bits per heavy atom. The van der Waals surface area contributed by atoms with E-state index in [2.05, 4.69) is 0 Å². The SMILES string of the molecule is NC1CC12C1CC3CC(C1)CC2C3. The van der Waals surface area contributed by atoms with Crippen molar-refractivity contribution in [2.24, 2.45) is 34.8 Å². The predicted molar refractivity (Wildman–Crippen MR) is 52.1 cm³/mol. The van der Waals surface area contributed by atoms with Gasteiger partial charge in [-0.1, -0.05) is 0 Å². The normalized spacial score (nSPS) is 67.6. The van der Waals surface area contributed by atoms with Crippen LogP contribution in [0.25, 0.3) is 0 Å². The maximum Gasteiger partial charge on any atom is 0.0107 e. The smallest absolute Gasteiger partial charge is 0.0107 e. The number of nitrogens with two attached hydrogens (primary N) is 1. The molecule has 0 saturated heterocycles. The van der Waals surface area contributed by atoms with Gasteiger partial charge in [0.05, 0.1) is 0 Å². The van der Waals surface area contributed by atoms with Gasteiger partial charge in [0.25, 0.3) is 0 Å². The van der Waals surface area contributed by atoms with Gasteiger partial charge >= 0.3 is 0 Å². The highest BCUT2D eigenvalue weighted by Gasteiger charge is 2.67. The number of hydrogen-bond acceptors (Lipinski definition) is 1. The maximum atomic E-state index is 6.18. The highest BCUT2D eigenvalue weighted by molar-refractivity contribution is 5.19. The van der Waals surface area contributed by atoms with Crippen molar-refractivity contribution in [1.82, 2.24) is 0 Å². The van der Waals surface area contributed by atoms with E-state index in [1.54, 1.807) is 32.1 Å². The molecule has 1 unspecified atom stereocenters. The van der Waals surface area contributed by atoms with Crippen molar-refractivity contribution in [2.75, 3.05) is 0 Å². The molecule has 0 aliphatic heterocycles. The van der Waals surface area contributed by atoms with Gasteiger partial charge in [-0.3, -0.25) is 0 Å². The molecule has 1 spiro atoms. The third-order valence-corrected chi connectivity index (χ3v) is 5.76. The first-order chi connectivity index (χ1) is 6.29. The standard InChI is InChI=1S/C12H19N/c13-11-6-12(11)9-2-7-1-8(4-9)5-10(12)3-7/h7-11H,1-6,13H2. The Morgan fingerprint density at radius 1 is 0.846 bits per heavy atom. The molecule has 5 aliphatic rings. The average molecular weight is 177 g/mol. The summed E-state index contributed by atoms with van der Waals surface area (Å²) in [4.78, 5) is 0. The third kappa shape index (κ3) is 0.707. The van der Waals surface area contributed by atoms with Crippen LogP contribution in [0.15, 0.2) is 0 Å². The molecule has 5 aliphatic carbocycles. The Morgan fingerprint density at radius 3 is 1.69 bits per heavy atom. The van der Waals surface area contributed by atoms with Crippen LogP contribution in [-0.4, -0.2) is 6.04 Å². The van der Waals surface area contributed by atoms with Crippen molar-refractivity contribution in [3.05, 3.63) is 0 Å². The van der Waals surface area contributed by atoms with E-state index < -0.39 is 0 Å². The van der Waals surface area contributed by atoms with Gasteiger partial charge in [0.1, 0.15) is 0 Å². The first kappa shape index (κ1) is 7.28. The molecule has 0 aromatic heterocycles. The quantitative estimate of drug-likeness (QED) is 0.603. The minimum atomic E-state index is 0.600. The summed E-state index contributed by atoms with van der Waals surface area (Å²) < 4.78 is 0. The monoisotopic (exact) mass is 177 g/mol. The van der Waals surface area contributed by atoms with E-state index in [0.717, 1.165) is 23.7 Å². The molecule has 72 valence electrons. The lowest BCUT2D eigenvalue weighted by molar-refractivity contribution is -0.0544. The summed E-state index contributed by atoms with van der Waals surface area (Å²) in [5, 5.41) is 0. The summed E-state index contributed by atoms with van der Waals surface area (Å²) in [5.41, 5.74) is 6.87. The van der Waals surface area contributed by atoms with E-state index in [0.29, 0.717) is 11.5 Å². The Kier molecular flexibility index (Phi) is 1.11. The van der Waals surface area contributed by atoms with Gasteiger partial charge in [0.2, 0.25) is 0 Å². The molecule has 0 aromatic rings. The second-order valence-corrected chi connectivity index (χ2v) is 6.23. The van der Waals surface area contributed by atoms with Gasteiger partial charge in [-0.25, -0.2) is 0 Å². The molecule has 4 bridgehead atoms.